The minimum absolute atomic E-state index is 0.160. The predicted octanol–water partition coefficient (Wildman–Crippen LogP) is 2.82. The minimum Gasteiger partial charge on any atom is -0.480 e. The summed E-state index contributed by atoms with van der Waals surface area (Å²) >= 11 is 0. The highest BCUT2D eigenvalue weighted by atomic mass is 19.2. The van der Waals surface area contributed by atoms with E-state index in [0.717, 1.165) is 12.1 Å². The first kappa shape index (κ1) is 15.1. The number of fused-ring (bicyclic) bond motifs is 1. The molecule has 0 unspecified atom stereocenters. The van der Waals surface area contributed by atoms with E-state index in [0.29, 0.717) is 6.42 Å². The fourth-order valence-electron chi connectivity index (χ4n) is 1.95. The number of nitrogens with zero attached hydrogens (tertiary/aromatic N) is 2. The van der Waals surface area contributed by atoms with Gasteiger partial charge in [-0.2, -0.15) is 0 Å². The van der Waals surface area contributed by atoms with Gasteiger partial charge in [0.25, 0.3) is 0 Å². The third-order valence-electron chi connectivity index (χ3n) is 2.91. The second kappa shape index (κ2) is 5.99. The lowest BCUT2D eigenvalue weighted by Gasteiger charge is -2.16. The smallest absolute Gasteiger partial charge is 0.326 e. The first-order chi connectivity index (χ1) is 9.86. The van der Waals surface area contributed by atoms with Gasteiger partial charge in [-0.05, 0) is 12.3 Å². The lowest BCUT2D eigenvalue weighted by Crippen LogP contribution is -2.31. The summed E-state index contributed by atoms with van der Waals surface area (Å²) in [6, 6.07) is 1.06. The van der Waals surface area contributed by atoms with E-state index in [1.165, 1.54) is 6.20 Å². The Labute approximate surface area is 120 Å². The van der Waals surface area contributed by atoms with Gasteiger partial charge in [0.15, 0.2) is 11.6 Å². The molecule has 0 fully saturated rings. The molecule has 5 nitrogen and oxygen atoms in total. The van der Waals surface area contributed by atoms with Crippen LogP contribution in [0.25, 0.3) is 11.0 Å². The summed E-state index contributed by atoms with van der Waals surface area (Å²) in [6.45, 7) is 3.81. The highest BCUT2D eigenvalue weighted by Gasteiger charge is 2.19. The van der Waals surface area contributed by atoms with Crippen LogP contribution in [-0.2, 0) is 4.79 Å². The Kier molecular flexibility index (Phi) is 4.30. The lowest BCUT2D eigenvalue weighted by molar-refractivity contribution is -0.138. The molecule has 0 aliphatic carbocycles. The second-order valence-corrected chi connectivity index (χ2v) is 5.17. The van der Waals surface area contributed by atoms with Crippen molar-refractivity contribution in [3.8, 4) is 0 Å². The van der Waals surface area contributed by atoms with Crippen molar-refractivity contribution in [3.63, 3.8) is 0 Å². The molecule has 2 N–H and O–H groups in total. The molecule has 0 amide bonds. The maximum absolute atomic E-state index is 13.2. The van der Waals surface area contributed by atoms with Crippen LogP contribution in [0, 0.1) is 17.6 Å². The molecular weight excluding hydrogens is 280 g/mol. The number of carboxylic acids is 1. The number of nitrogens with one attached hydrogen (secondary N) is 1. The Bertz CT molecular complexity index is 677. The van der Waals surface area contributed by atoms with Crippen molar-refractivity contribution in [2.24, 2.45) is 5.92 Å². The molecule has 0 radical (unpaired) electrons. The number of halogens is 2. The number of hydrogen-bond acceptors (Lipinski definition) is 4. The number of anilines is 1. The predicted molar refractivity (Wildman–Crippen MR) is 74.0 cm³/mol. The number of hydrogen-bond donors (Lipinski definition) is 2. The topological polar surface area (TPSA) is 75.1 Å². The number of aromatic nitrogens is 2. The van der Waals surface area contributed by atoms with Crippen molar-refractivity contribution < 1.29 is 18.7 Å². The van der Waals surface area contributed by atoms with Crippen LogP contribution in [0.3, 0.4) is 0 Å². The Morgan fingerprint density at radius 1 is 1.29 bits per heavy atom. The third-order valence-corrected chi connectivity index (χ3v) is 2.91. The van der Waals surface area contributed by atoms with Crippen LogP contribution in [0.15, 0.2) is 18.3 Å². The zero-order valence-corrected chi connectivity index (χ0v) is 11.6. The molecule has 0 saturated heterocycles. The van der Waals surface area contributed by atoms with E-state index in [9.17, 15) is 13.6 Å². The van der Waals surface area contributed by atoms with Crippen LogP contribution in [0.5, 0.6) is 0 Å². The van der Waals surface area contributed by atoms with E-state index in [4.69, 9.17) is 5.11 Å². The van der Waals surface area contributed by atoms with Gasteiger partial charge in [0.1, 0.15) is 11.9 Å². The number of benzene rings is 1. The summed E-state index contributed by atoms with van der Waals surface area (Å²) in [5.41, 5.74) is 0.364. The van der Waals surface area contributed by atoms with Crippen molar-refractivity contribution >= 4 is 22.8 Å². The fourth-order valence-corrected chi connectivity index (χ4v) is 1.95. The van der Waals surface area contributed by atoms with Crippen LogP contribution in [0.2, 0.25) is 0 Å². The Balaban J connectivity index is 2.29. The molecule has 1 aromatic carbocycles. The van der Waals surface area contributed by atoms with Crippen LogP contribution in [-0.4, -0.2) is 27.1 Å². The molecule has 1 aromatic heterocycles. The molecule has 2 aromatic rings. The standard InChI is InChI=1S/C14H15F2N3O2/c1-7(2)3-12(14(20)21)19-13-6-17-10-4-8(15)9(16)5-11(10)18-13/h4-7,12H,3H2,1-2H3,(H,18,19)(H,20,21)/t12-/m1/s1. The Morgan fingerprint density at radius 3 is 2.48 bits per heavy atom. The van der Waals surface area contributed by atoms with Gasteiger partial charge in [0, 0.05) is 12.1 Å². The largest absolute Gasteiger partial charge is 0.480 e. The van der Waals surface area contributed by atoms with Crippen molar-refractivity contribution in [2.45, 2.75) is 26.3 Å². The quantitative estimate of drug-likeness (QED) is 0.887. The van der Waals surface area contributed by atoms with Gasteiger partial charge in [0.05, 0.1) is 17.2 Å². The zero-order chi connectivity index (χ0) is 15.6. The molecule has 0 spiro atoms. The summed E-state index contributed by atoms with van der Waals surface area (Å²) in [7, 11) is 0. The molecule has 2 rings (SSSR count). The molecule has 1 atom stereocenters. The molecule has 0 saturated carbocycles. The second-order valence-electron chi connectivity index (χ2n) is 5.17. The van der Waals surface area contributed by atoms with E-state index >= 15 is 0 Å². The normalized spacial score (nSPS) is 12.6. The Morgan fingerprint density at radius 2 is 1.90 bits per heavy atom. The number of rotatable bonds is 5. The van der Waals surface area contributed by atoms with Crippen molar-refractivity contribution in [2.75, 3.05) is 5.32 Å². The van der Waals surface area contributed by atoms with Crippen LogP contribution < -0.4 is 5.32 Å². The molecule has 21 heavy (non-hydrogen) atoms. The summed E-state index contributed by atoms with van der Waals surface area (Å²) in [6.07, 6.45) is 1.71. The molecule has 112 valence electrons. The maximum Gasteiger partial charge on any atom is 0.326 e. The first-order valence-electron chi connectivity index (χ1n) is 6.48. The first-order valence-corrected chi connectivity index (χ1v) is 6.48. The van der Waals surface area contributed by atoms with Gasteiger partial charge in [-0.15, -0.1) is 0 Å². The van der Waals surface area contributed by atoms with Gasteiger partial charge >= 0.3 is 5.97 Å². The van der Waals surface area contributed by atoms with Gasteiger partial charge in [-0.3, -0.25) is 4.98 Å². The highest BCUT2D eigenvalue weighted by Crippen LogP contribution is 2.18. The molecule has 0 bridgehead atoms. The fraction of sp³-hybridized carbons (Fsp3) is 0.357. The summed E-state index contributed by atoms with van der Waals surface area (Å²) in [4.78, 5) is 19.2. The monoisotopic (exact) mass is 295 g/mol. The number of carboxylic acid groups (broad SMARTS) is 1. The summed E-state index contributed by atoms with van der Waals surface area (Å²) in [5.74, 6) is -2.64. The maximum atomic E-state index is 13.2. The Hall–Kier alpha value is -2.31. The van der Waals surface area contributed by atoms with E-state index in [-0.39, 0.29) is 22.8 Å². The molecule has 7 heteroatoms. The van der Waals surface area contributed by atoms with E-state index in [1.807, 2.05) is 13.8 Å². The van der Waals surface area contributed by atoms with Crippen molar-refractivity contribution in [1.82, 2.24) is 9.97 Å². The molecule has 0 aliphatic heterocycles. The van der Waals surface area contributed by atoms with Gasteiger partial charge in [-0.1, -0.05) is 13.8 Å². The van der Waals surface area contributed by atoms with Crippen molar-refractivity contribution in [3.05, 3.63) is 30.0 Å². The number of aliphatic carboxylic acids is 1. The average Bonchev–Trinajstić information content (AvgIpc) is 2.39. The zero-order valence-electron chi connectivity index (χ0n) is 11.6. The van der Waals surface area contributed by atoms with Crippen molar-refractivity contribution in [1.29, 1.82) is 0 Å². The number of carbonyl (C=O) groups is 1. The van der Waals surface area contributed by atoms with E-state index in [1.54, 1.807) is 0 Å². The van der Waals surface area contributed by atoms with Gasteiger partial charge < -0.3 is 10.4 Å². The van der Waals surface area contributed by atoms with Crippen LogP contribution in [0.4, 0.5) is 14.6 Å². The average molecular weight is 295 g/mol. The van der Waals surface area contributed by atoms with Gasteiger partial charge in [-0.25, -0.2) is 18.6 Å². The SMILES string of the molecule is CC(C)C[C@@H](Nc1cnc2cc(F)c(F)cc2n1)C(=O)O. The molecule has 1 heterocycles. The molecular formula is C14H15F2N3O2. The lowest BCUT2D eigenvalue weighted by atomic mass is 10.0. The van der Waals surface area contributed by atoms with E-state index in [2.05, 4.69) is 15.3 Å². The van der Waals surface area contributed by atoms with Crippen LogP contribution >= 0.6 is 0 Å². The third kappa shape index (κ3) is 3.62. The van der Waals surface area contributed by atoms with Gasteiger partial charge in [0.2, 0.25) is 0 Å². The van der Waals surface area contributed by atoms with Crippen LogP contribution in [0.1, 0.15) is 20.3 Å². The molecule has 0 aliphatic rings. The van der Waals surface area contributed by atoms with E-state index < -0.39 is 23.6 Å². The summed E-state index contributed by atoms with van der Waals surface area (Å²) < 4.78 is 26.3. The minimum atomic E-state index is -1.02. The summed E-state index contributed by atoms with van der Waals surface area (Å²) in [5, 5.41) is 11.9. The highest BCUT2D eigenvalue weighted by molar-refractivity contribution is 5.79.